The molecule has 0 N–H and O–H groups in total. The van der Waals surface area contributed by atoms with Crippen molar-refractivity contribution < 1.29 is 13.2 Å². The summed E-state index contributed by atoms with van der Waals surface area (Å²) in [5.74, 6) is 0.174. The van der Waals surface area contributed by atoms with Crippen molar-refractivity contribution in [1.29, 1.82) is 0 Å². The third-order valence-electron chi connectivity index (χ3n) is 4.42. The van der Waals surface area contributed by atoms with Crippen LogP contribution in [0.4, 0.5) is 0 Å². The summed E-state index contributed by atoms with van der Waals surface area (Å²) < 4.78 is 24.4. The average Bonchev–Trinajstić information content (AvgIpc) is 2.44. The number of benzene rings is 1. The maximum absolute atomic E-state index is 12.6. The molecule has 3 rings (SSSR count). The lowest BCUT2D eigenvalue weighted by Crippen LogP contribution is -2.57. The Morgan fingerprint density at radius 3 is 2.67 bits per heavy atom. The van der Waals surface area contributed by atoms with Gasteiger partial charge in [0.2, 0.25) is 0 Å². The zero-order chi connectivity index (χ0) is 17.5. The number of sulfone groups is 1. The van der Waals surface area contributed by atoms with Gasteiger partial charge in [0, 0.05) is 30.2 Å². The van der Waals surface area contributed by atoms with Gasteiger partial charge in [-0.2, -0.15) is 0 Å². The fourth-order valence-electron chi connectivity index (χ4n) is 3.03. The number of nitrogens with zero attached hydrogens (tertiary/aromatic N) is 2. The van der Waals surface area contributed by atoms with Crippen molar-refractivity contribution in [3.63, 3.8) is 0 Å². The zero-order valence-corrected chi connectivity index (χ0v) is 15.0. The minimum Gasteiger partial charge on any atom is -0.336 e. The van der Waals surface area contributed by atoms with Crippen molar-refractivity contribution in [2.75, 3.05) is 18.8 Å². The van der Waals surface area contributed by atoms with E-state index in [1.807, 2.05) is 39.0 Å². The number of aryl methyl sites for hydroxylation is 1. The number of hydrogen-bond donors (Lipinski definition) is 0. The van der Waals surface area contributed by atoms with Crippen LogP contribution >= 0.6 is 0 Å². The Morgan fingerprint density at radius 2 is 2.00 bits per heavy atom. The second kappa shape index (κ2) is 6.16. The van der Waals surface area contributed by atoms with Crippen molar-refractivity contribution in [2.24, 2.45) is 5.92 Å². The molecule has 128 valence electrons. The van der Waals surface area contributed by atoms with Crippen molar-refractivity contribution >= 4 is 26.6 Å². The second-order valence-electron chi connectivity index (χ2n) is 6.92. The molecule has 0 spiro atoms. The lowest BCUT2D eigenvalue weighted by atomic mass is 10.0. The molecule has 2 aromatic rings. The number of rotatable bonds is 4. The van der Waals surface area contributed by atoms with Gasteiger partial charge in [-0.25, -0.2) is 8.42 Å². The van der Waals surface area contributed by atoms with E-state index in [0.29, 0.717) is 5.56 Å². The lowest BCUT2D eigenvalue weighted by Gasteiger charge is -2.39. The molecule has 5 nitrogen and oxygen atoms in total. The highest BCUT2D eigenvalue weighted by Gasteiger charge is 2.39. The Labute approximate surface area is 142 Å². The Hall–Kier alpha value is -1.95. The van der Waals surface area contributed by atoms with Crippen molar-refractivity contribution in [3.8, 4) is 0 Å². The van der Waals surface area contributed by atoms with E-state index >= 15 is 0 Å². The molecule has 2 heterocycles. The molecule has 24 heavy (non-hydrogen) atoms. The van der Waals surface area contributed by atoms with Crippen LogP contribution < -0.4 is 0 Å². The van der Waals surface area contributed by atoms with E-state index in [1.54, 1.807) is 17.2 Å². The number of likely N-dealkylation sites (tertiary alicyclic amines) is 1. The predicted octanol–water partition coefficient (Wildman–Crippen LogP) is 2.44. The fraction of sp³-hybridized carbons (Fsp3) is 0.444. The molecule has 0 saturated carbocycles. The molecule has 1 fully saturated rings. The maximum atomic E-state index is 12.6. The van der Waals surface area contributed by atoms with Crippen molar-refractivity contribution in [2.45, 2.75) is 26.0 Å². The summed E-state index contributed by atoms with van der Waals surface area (Å²) in [7, 11) is -3.12. The van der Waals surface area contributed by atoms with E-state index in [9.17, 15) is 13.2 Å². The number of amides is 1. The number of carbonyl (C=O) groups excluding carboxylic acids is 1. The van der Waals surface area contributed by atoms with Crippen LogP contribution in [0.3, 0.4) is 0 Å². The van der Waals surface area contributed by atoms with Crippen LogP contribution in [0.25, 0.3) is 10.9 Å². The fourth-order valence-corrected chi connectivity index (χ4v) is 5.05. The molecule has 0 radical (unpaired) electrons. The summed E-state index contributed by atoms with van der Waals surface area (Å²) in [6.45, 7) is 6.35. The molecule has 1 aromatic heterocycles. The molecule has 1 amide bonds. The van der Waals surface area contributed by atoms with Gasteiger partial charge in [-0.05, 0) is 42.7 Å². The lowest BCUT2D eigenvalue weighted by molar-refractivity contribution is 0.0659. The minimum atomic E-state index is -3.12. The Morgan fingerprint density at radius 1 is 1.29 bits per heavy atom. The van der Waals surface area contributed by atoms with Crippen molar-refractivity contribution in [3.05, 3.63) is 41.6 Å². The SMILES string of the molecule is Cc1ccnc2ccc(C(=O)N3CC(S(=O)(=O)CC(C)C)C3)cc12. The van der Waals surface area contributed by atoms with Crippen LogP contribution in [0.15, 0.2) is 30.5 Å². The van der Waals surface area contributed by atoms with Gasteiger partial charge in [-0.15, -0.1) is 0 Å². The molecule has 0 unspecified atom stereocenters. The second-order valence-corrected chi connectivity index (χ2v) is 9.24. The number of aromatic nitrogens is 1. The van der Waals surface area contributed by atoms with E-state index < -0.39 is 15.1 Å². The van der Waals surface area contributed by atoms with Gasteiger partial charge in [-0.3, -0.25) is 9.78 Å². The first-order valence-corrected chi connectivity index (χ1v) is 9.85. The summed E-state index contributed by atoms with van der Waals surface area (Å²) in [6.07, 6.45) is 1.75. The average molecular weight is 346 g/mol. The molecule has 1 aliphatic rings. The molecule has 1 aliphatic heterocycles. The highest BCUT2D eigenvalue weighted by Crippen LogP contribution is 2.23. The summed E-state index contributed by atoms with van der Waals surface area (Å²) >= 11 is 0. The number of pyridine rings is 1. The normalized spacial score (nSPS) is 15.8. The van der Waals surface area contributed by atoms with Crippen LogP contribution in [0.1, 0.15) is 29.8 Å². The highest BCUT2D eigenvalue weighted by atomic mass is 32.2. The number of hydrogen-bond acceptors (Lipinski definition) is 4. The van der Waals surface area contributed by atoms with Gasteiger partial charge in [0.1, 0.15) is 0 Å². The van der Waals surface area contributed by atoms with E-state index in [1.165, 1.54) is 0 Å². The summed E-state index contributed by atoms with van der Waals surface area (Å²) in [6, 6.07) is 7.35. The Kier molecular flexibility index (Phi) is 4.34. The van der Waals surface area contributed by atoms with E-state index in [-0.39, 0.29) is 30.7 Å². The van der Waals surface area contributed by atoms with E-state index in [4.69, 9.17) is 0 Å². The summed E-state index contributed by atoms with van der Waals surface area (Å²) in [5.41, 5.74) is 2.50. The highest BCUT2D eigenvalue weighted by molar-refractivity contribution is 7.92. The quantitative estimate of drug-likeness (QED) is 0.853. The monoisotopic (exact) mass is 346 g/mol. The number of fused-ring (bicyclic) bond motifs is 1. The van der Waals surface area contributed by atoms with Crippen molar-refractivity contribution in [1.82, 2.24) is 9.88 Å². The van der Waals surface area contributed by atoms with Crippen LogP contribution in [0.2, 0.25) is 0 Å². The molecule has 0 atom stereocenters. The topological polar surface area (TPSA) is 67.3 Å². The van der Waals surface area contributed by atoms with Gasteiger partial charge >= 0.3 is 0 Å². The molecule has 6 heteroatoms. The Balaban J connectivity index is 1.74. The third-order valence-corrected chi connectivity index (χ3v) is 6.86. The first-order valence-electron chi connectivity index (χ1n) is 8.14. The zero-order valence-electron chi connectivity index (χ0n) is 14.2. The van der Waals surface area contributed by atoms with Crippen LogP contribution in [-0.2, 0) is 9.84 Å². The summed E-state index contributed by atoms with van der Waals surface area (Å²) in [4.78, 5) is 18.5. The molecule has 0 aliphatic carbocycles. The standard InChI is InChI=1S/C18H22N2O3S/c1-12(2)11-24(22,23)15-9-20(10-15)18(21)14-4-5-17-16(8-14)13(3)6-7-19-17/h4-8,12,15H,9-11H2,1-3H3. The van der Waals surface area contributed by atoms with E-state index in [2.05, 4.69) is 4.98 Å². The largest absolute Gasteiger partial charge is 0.336 e. The Bertz CT molecular complexity index is 884. The first kappa shape index (κ1) is 16.9. The maximum Gasteiger partial charge on any atom is 0.253 e. The molecule has 1 saturated heterocycles. The predicted molar refractivity (Wildman–Crippen MR) is 94.8 cm³/mol. The van der Waals surface area contributed by atoms with Gasteiger partial charge in [0.05, 0.1) is 16.5 Å². The third kappa shape index (κ3) is 3.15. The molecule has 0 bridgehead atoms. The van der Waals surface area contributed by atoms with Gasteiger partial charge < -0.3 is 4.90 Å². The molecular weight excluding hydrogens is 324 g/mol. The van der Waals surface area contributed by atoms with Gasteiger partial charge in [-0.1, -0.05) is 13.8 Å². The molecular formula is C18H22N2O3S. The summed E-state index contributed by atoms with van der Waals surface area (Å²) in [5, 5.41) is 0.528. The van der Waals surface area contributed by atoms with Crippen LogP contribution in [0, 0.1) is 12.8 Å². The minimum absolute atomic E-state index is 0.107. The smallest absolute Gasteiger partial charge is 0.253 e. The number of carbonyl (C=O) groups is 1. The van der Waals surface area contributed by atoms with Gasteiger partial charge in [0.15, 0.2) is 9.84 Å². The molecule has 1 aromatic carbocycles. The van der Waals surface area contributed by atoms with E-state index in [0.717, 1.165) is 16.5 Å². The van der Waals surface area contributed by atoms with Crippen LogP contribution in [0.5, 0.6) is 0 Å². The van der Waals surface area contributed by atoms with Crippen LogP contribution in [-0.4, -0.2) is 48.3 Å². The first-order chi connectivity index (χ1) is 11.3. The van der Waals surface area contributed by atoms with Gasteiger partial charge in [0.25, 0.3) is 5.91 Å².